The number of hydrogen-bond acceptors (Lipinski definition) is 5. The normalized spacial score (nSPS) is 16.6. The number of aromatic nitrogens is 2. The fraction of sp³-hybridized carbons (Fsp3) is 0.333. The van der Waals surface area contributed by atoms with Crippen LogP contribution in [0.1, 0.15) is 18.4 Å². The maximum absolute atomic E-state index is 13.7. The predicted molar refractivity (Wildman–Crippen MR) is 107 cm³/mol. The van der Waals surface area contributed by atoms with Crippen LogP contribution in [0, 0.1) is 5.82 Å². The van der Waals surface area contributed by atoms with Crippen LogP contribution >= 0.6 is 11.8 Å². The van der Waals surface area contributed by atoms with Gasteiger partial charge >= 0.3 is 0 Å². The first-order valence-corrected chi connectivity index (χ1v) is 10.2. The van der Waals surface area contributed by atoms with Crippen LogP contribution in [0.15, 0.2) is 52.4 Å². The molecule has 1 atom stereocenters. The Morgan fingerprint density at radius 3 is 2.96 bits per heavy atom. The Kier molecular flexibility index (Phi) is 5.64. The summed E-state index contributed by atoms with van der Waals surface area (Å²) in [4.78, 5) is 17.8. The molecule has 1 aliphatic heterocycles. The maximum Gasteiger partial charge on any atom is 0.262 e. The molecule has 2 heterocycles. The zero-order valence-corrected chi connectivity index (χ0v) is 16.4. The minimum atomic E-state index is -0.320. The van der Waals surface area contributed by atoms with Gasteiger partial charge in [-0.1, -0.05) is 23.9 Å². The van der Waals surface area contributed by atoms with E-state index in [2.05, 4.69) is 0 Å². The Hall–Kier alpha value is -2.38. The lowest BCUT2D eigenvalue weighted by Gasteiger charge is -2.17. The summed E-state index contributed by atoms with van der Waals surface area (Å²) in [5.74, 6) is 0.736. The van der Waals surface area contributed by atoms with E-state index in [0.29, 0.717) is 34.1 Å². The predicted octanol–water partition coefficient (Wildman–Crippen LogP) is 4.02. The molecule has 0 unspecified atom stereocenters. The number of methoxy groups -OCH3 is 1. The van der Waals surface area contributed by atoms with Crippen LogP contribution in [0.25, 0.3) is 10.9 Å². The molecule has 3 aromatic rings. The van der Waals surface area contributed by atoms with E-state index in [4.69, 9.17) is 14.5 Å². The third-order valence-corrected chi connectivity index (χ3v) is 5.86. The first kappa shape index (κ1) is 19.0. The van der Waals surface area contributed by atoms with Gasteiger partial charge in [0.25, 0.3) is 5.56 Å². The monoisotopic (exact) mass is 400 g/mol. The lowest BCUT2D eigenvalue weighted by Crippen LogP contribution is -2.28. The van der Waals surface area contributed by atoms with Gasteiger partial charge in [0, 0.05) is 17.9 Å². The zero-order valence-electron chi connectivity index (χ0n) is 15.6. The van der Waals surface area contributed by atoms with Gasteiger partial charge in [0.1, 0.15) is 11.6 Å². The molecule has 0 saturated carbocycles. The number of benzene rings is 2. The van der Waals surface area contributed by atoms with Crippen LogP contribution in [-0.2, 0) is 17.0 Å². The Morgan fingerprint density at radius 1 is 1.32 bits per heavy atom. The SMILES string of the molecule is COc1ccc(F)cc1CSc1nc2ccccc2c(=O)n1C[C@@H]1CCCO1. The van der Waals surface area contributed by atoms with Crippen LogP contribution in [0.2, 0.25) is 0 Å². The van der Waals surface area contributed by atoms with Crippen LogP contribution in [0.3, 0.4) is 0 Å². The molecule has 0 radical (unpaired) electrons. The lowest BCUT2D eigenvalue weighted by molar-refractivity contribution is 0.0937. The van der Waals surface area contributed by atoms with Crippen LogP contribution in [0.5, 0.6) is 5.75 Å². The van der Waals surface area contributed by atoms with Gasteiger partial charge in [-0.3, -0.25) is 9.36 Å². The summed E-state index contributed by atoms with van der Waals surface area (Å²) in [5.41, 5.74) is 1.30. The zero-order chi connectivity index (χ0) is 19.5. The van der Waals surface area contributed by atoms with Gasteiger partial charge in [-0.2, -0.15) is 0 Å². The second-order valence-corrected chi connectivity index (χ2v) is 7.65. The van der Waals surface area contributed by atoms with E-state index >= 15 is 0 Å². The maximum atomic E-state index is 13.7. The van der Waals surface area contributed by atoms with Crippen molar-refractivity contribution in [3.05, 3.63) is 64.2 Å². The highest BCUT2D eigenvalue weighted by atomic mass is 32.2. The summed E-state index contributed by atoms with van der Waals surface area (Å²) in [5, 5.41) is 1.19. The molecule has 1 aliphatic rings. The van der Waals surface area contributed by atoms with Crippen LogP contribution < -0.4 is 10.3 Å². The number of ether oxygens (including phenoxy) is 2. The summed E-state index contributed by atoms with van der Waals surface area (Å²) in [7, 11) is 1.56. The fourth-order valence-electron chi connectivity index (χ4n) is 3.41. The van der Waals surface area contributed by atoms with Crippen LogP contribution in [0.4, 0.5) is 4.39 Å². The Labute approximate surface area is 166 Å². The number of para-hydroxylation sites is 1. The smallest absolute Gasteiger partial charge is 0.262 e. The summed E-state index contributed by atoms with van der Waals surface area (Å²) in [6.45, 7) is 1.20. The summed E-state index contributed by atoms with van der Waals surface area (Å²) in [6, 6.07) is 11.8. The first-order valence-electron chi connectivity index (χ1n) is 9.22. The standard InChI is InChI=1S/C21H21FN2O3S/c1-26-19-9-8-15(22)11-14(19)13-28-21-23-18-7-3-2-6-17(18)20(25)24(21)12-16-5-4-10-27-16/h2-3,6-9,11,16H,4-5,10,12-13H2,1H3/t16-/m0/s1. The van der Waals surface area contributed by atoms with E-state index in [0.717, 1.165) is 25.0 Å². The first-order chi connectivity index (χ1) is 13.7. The van der Waals surface area contributed by atoms with Crippen molar-refractivity contribution >= 4 is 22.7 Å². The van der Waals surface area contributed by atoms with Gasteiger partial charge in [0.2, 0.25) is 0 Å². The second-order valence-electron chi connectivity index (χ2n) is 6.71. The molecule has 0 N–H and O–H groups in total. The number of halogens is 1. The highest BCUT2D eigenvalue weighted by Crippen LogP contribution is 2.28. The van der Waals surface area contributed by atoms with E-state index < -0.39 is 0 Å². The van der Waals surface area contributed by atoms with Crippen molar-refractivity contribution in [2.75, 3.05) is 13.7 Å². The lowest BCUT2D eigenvalue weighted by atomic mass is 10.2. The number of hydrogen-bond donors (Lipinski definition) is 0. The molecular weight excluding hydrogens is 379 g/mol. The number of fused-ring (bicyclic) bond motifs is 1. The topological polar surface area (TPSA) is 53.3 Å². The van der Waals surface area contributed by atoms with Gasteiger partial charge < -0.3 is 9.47 Å². The highest BCUT2D eigenvalue weighted by molar-refractivity contribution is 7.98. The minimum absolute atomic E-state index is 0.0173. The molecule has 0 amide bonds. The Bertz CT molecular complexity index is 1050. The molecule has 4 rings (SSSR count). The van der Waals surface area contributed by atoms with E-state index in [1.165, 1.54) is 23.9 Å². The number of rotatable bonds is 6. The van der Waals surface area contributed by atoms with Gasteiger partial charge in [0.15, 0.2) is 5.16 Å². The highest BCUT2D eigenvalue weighted by Gasteiger charge is 2.20. The third kappa shape index (κ3) is 3.91. The minimum Gasteiger partial charge on any atom is -0.496 e. The molecule has 7 heteroatoms. The van der Waals surface area contributed by atoms with Crippen LogP contribution in [-0.4, -0.2) is 29.4 Å². The van der Waals surface area contributed by atoms with E-state index in [-0.39, 0.29) is 17.5 Å². The quantitative estimate of drug-likeness (QED) is 0.462. The summed E-state index contributed by atoms with van der Waals surface area (Å²) >= 11 is 1.40. The molecule has 1 saturated heterocycles. The third-order valence-electron chi connectivity index (χ3n) is 4.84. The molecule has 0 spiro atoms. The van der Waals surface area contributed by atoms with Crippen molar-refractivity contribution in [3.63, 3.8) is 0 Å². The fourth-order valence-corrected chi connectivity index (χ4v) is 4.40. The molecule has 0 bridgehead atoms. The van der Waals surface area contributed by atoms with E-state index in [1.807, 2.05) is 18.2 Å². The molecular formula is C21H21FN2O3S. The number of nitrogens with zero attached hydrogens (tertiary/aromatic N) is 2. The second kappa shape index (κ2) is 8.32. The summed E-state index contributed by atoms with van der Waals surface area (Å²) in [6.07, 6.45) is 1.95. The van der Waals surface area contributed by atoms with Crippen molar-refractivity contribution in [2.24, 2.45) is 0 Å². The molecule has 28 heavy (non-hydrogen) atoms. The van der Waals surface area contributed by atoms with E-state index in [9.17, 15) is 9.18 Å². The van der Waals surface area contributed by atoms with Gasteiger partial charge in [-0.05, 0) is 43.2 Å². The molecule has 146 valence electrons. The Balaban J connectivity index is 1.70. The van der Waals surface area contributed by atoms with Crippen molar-refractivity contribution in [2.45, 2.75) is 36.4 Å². The van der Waals surface area contributed by atoms with Crippen molar-refractivity contribution in [3.8, 4) is 5.75 Å². The number of thioether (sulfide) groups is 1. The average Bonchev–Trinajstić information content (AvgIpc) is 3.22. The Morgan fingerprint density at radius 2 is 2.18 bits per heavy atom. The average molecular weight is 400 g/mol. The largest absolute Gasteiger partial charge is 0.496 e. The molecule has 1 aromatic heterocycles. The molecule has 2 aromatic carbocycles. The van der Waals surface area contributed by atoms with E-state index in [1.54, 1.807) is 23.8 Å². The van der Waals surface area contributed by atoms with Crippen molar-refractivity contribution in [1.29, 1.82) is 0 Å². The van der Waals surface area contributed by atoms with Gasteiger partial charge in [-0.15, -0.1) is 0 Å². The van der Waals surface area contributed by atoms with Crippen molar-refractivity contribution < 1.29 is 13.9 Å². The summed E-state index contributed by atoms with van der Waals surface area (Å²) < 4.78 is 26.4. The molecule has 0 aliphatic carbocycles. The van der Waals surface area contributed by atoms with Crippen molar-refractivity contribution in [1.82, 2.24) is 9.55 Å². The van der Waals surface area contributed by atoms with Gasteiger partial charge in [0.05, 0.1) is 30.7 Å². The molecule has 1 fully saturated rings. The molecule has 5 nitrogen and oxygen atoms in total. The van der Waals surface area contributed by atoms with Gasteiger partial charge in [-0.25, -0.2) is 9.37 Å².